The Bertz CT molecular complexity index is 623. The molecule has 1 unspecified atom stereocenters. The average Bonchev–Trinajstić information content (AvgIpc) is 2.44. The first-order chi connectivity index (χ1) is 9.49. The minimum atomic E-state index is -0.743. The number of ether oxygens (including phenoxy) is 1. The first-order valence-corrected chi connectivity index (χ1v) is 7.00. The first-order valence-electron chi connectivity index (χ1n) is 6.20. The van der Waals surface area contributed by atoms with Gasteiger partial charge in [-0.05, 0) is 37.6 Å². The van der Waals surface area contributed by atoms with E-state index in [0.717, 1.165) is 4.47 Å². The first kappa shape index (κ1) is 14.7. The van der Waals surface area contributed by atoms with Crippen LogP contribution in [-0.2, 0) is 0 Å². The number of carbonyl (C=O) groups is 1. The van der Waals surface area contributed by atoms with E-state index in [9.17, 15) is 9.18 Å². The Morgan fingerprint density at radius 1 is 1.20 bits per heavy atom. The zero-order valence-corrected chi connectivity index (χ0v) is 12.8. The van der Waals surface area contributed by atoms with Gasteiger partial charge in [-0.1, -0.05) is 40.2 Å². The molecule has 0 aromatic heterocycles. The number of benzene rings is 2. The molecule has 2 rings (SSSR count). The van der Waals surface area contributed by atoms with E-state index in [1.807, 2.05) is 0 Å². The van der Waals surface area contributed by atoms with Crippen LogP contribution in [0.2, 0.25) is 0 Å². The summed E-state index contributed by atoms with van der Waals surface area (Å²) < 4.78 is 20.2. The fraction of sp³-hybridized carbons (Fsp3) is 0.188. The van der Waals surface area contributed by atoms with E-state index in [0.29, 0.717) is 11.1 Å². The van der Waals surface area contributed by atoms with Gasteiger partial charge < -0.3 is 4.74 Å². The van der Waals surface area contributed by atoms with Crippen molar-refractivity contribution in [1.29, 1.82) is 0 Å². The summed E-state index contributed by atoms with van der Waals surface area (Å²) in [7, 11) is 0. The molecule has 0 aliphatic heterocycles. The van der Waals surface area contributed by atoms with Gasteiger partial charge in [0, 0.05) is 10.0 Å². The Kier molecular flexibility index (Phi) is 4.55. The second-order valence-corrected chi connectivity index (χ2v) is 5.43. The lowest BCUT2D eigenvalue weighted by Crippen LogP contribution is -2.24. The molecule has 0 saturated heterocycles. The fourth-order valence-corrected chi connectivity index (χ4v) is 2.07. The minimum Gasteiger partial charge on any atom is -0.479 e. The van der Waals surface area contributed by atoms with Gasteiger partial charge in [-0.15, -0.1) is 0 Å². The molecular weight excluding hydrogens is 323 g/mol. The van der Waals surface area contributed by atoms with Crippen LogP contribution in [0.15, 0.2) is 46.9 Å². The van der Waals surface area contributed by atoms with Crippen LogP contribution < -0.4 is 4.74 Å². The van der Waals surface area contributed by atoms with E-state index in [-0.39, 0.29) is 11.5 Å². The molecule has 0 amide bonds. The molecule has 0 N–H and O–H groups in total. The highest BCUT2D eigenvalue weighted by Gasteiger charge is 2.18. The number of carbonyl (C=O) groups excluding carboxylic acids is 1. The summed E-state index contributed by atoms with van der Waals surface area (Å²) in [5.41, 5.74) is 1.03. The molecule has 2 nitrogen and oxygen atoms in total. The highest BCUT2D eigenvalue weighted by atomic mass is 79.9. The maximum atomic E-state index is 13.8. The molecule has 104 valence electrons. The summed E-state index contributed by atoms with van der Waals surface area (Å²) in [5.74, 6) is -0.510. The number of ketones is 1. The number of Topliss-reactive ketones (excluding diaryl/α,β-unsaturated/α-hetero) is 1. The number of halogens is 2. The summed E-state index contributed by atoms with van der Waals surface area (Å²) in [5, 5.41) is 0. The normalized spacial score (nSPS) is 12.0. The summed E-state index contributed by atoms with van der Waals surface area (Å²) in [6.45, 7) is 3.27. The van der Waals surface area contributed by atoms with Crippen molar-refractivity contribution < 1.29 is 13.9 Å². The molecule has 0 heterocycles. The SMILES string of the molecule is Cc1cccc(OC(C)C(=O)c2ccc(Br)cc2)c1F. The van der Waals surface area contributed by atoms with Crippen LogP contribution in [0, 0.1) is 12.7 Å². The van der Waals surface area contributed by atoms with E-state index >= 15 is 0 Å². The van der Waals surface area contributed by atoms with Crippen molar-refractivity contribution in [3.63, 3.8) is 0 Å². The Morgan fingerprint density at radius 3 is 2.50 bits per heavy atom. The van der Waals surface area contributed by atoms with Crippen molar-refractivity contribution in [2.45, 2.75) is 20.0 Å². The largest absolute Gasteiger partial charge is 0.479 e. The Balaban J connectivity index is 2.15. The Morgan fingerprint density at radius 2 is 1.85 bits per heavy atom. The van der Waals surface area contributed by atoms with Crippen molar-refractivity contribution in [2.24, 2.45) is 0 Å². The van der Waals surface area contributed by atoms with Gasteiger partial charge in [0.05, 0.1) is 0 Å². The molecule has 0 radical (unpaired) electrons. The third-order valence-corrected chi connectivity index (χ3v) is 3.49. The van der Waals surface area contributed by atoms with Crippen LogP contribution in [0.25, 0.3) is 0 Å². The van der Waals surface area contributed by atoms with Gasteiger partial charge in [-0.25, -0.2) is 4.39 Å². The zero-order chi connectivity index (χ0) is 14.7. The predicted molar refractivity (Wildman–Crippen MR) is 79.7 cm³/mol. The second-order valence-electron chi connectivity index (χ2n) is 4.52. The molecule has 0 spiro atoms. The van der Waals surface area contributed by atoms with Crippen molar-refractivity contribution in [3.8, 4) is 5.75 Å². The second kappa shape index (κ2) is 6.18. The monoisotopic (exact) mass is 336 g/mol. The van der Waals surface area contributed by atoms with Crippen molar-refractivity contribution in [1.82, 2.24) is 0 Å². The van der Waals surface area contributed by atoms with Gasteiger partial charge in [0.25, 0.3) is 0 Å². The van der Waals surface area contributed by atoms with Gasteiger partial charge in [0.15, 0.2) is 17.7 Å². The van der Waals surface area contributed by atoms with E-state index in [1.165, 1.54) is 6.07 Å². The topological polar surface area (TPSA) is 26.3 Å². The van der Waals surface area contributed by atoms with Gasteiger partial charge >= 0.3 is 0 Å². The molecule has 0 aliphatic carbocycles. The minimum absolute atomic E-state index is 0.1000. The molecule has 4 heteroatoms. The standard InChI is InChI=1S/C16H14BrFO2/c1-10-4-3-5-14(15(10)18)20-11(2)16(19)12-6-8-13(17)9-7-12/h3-9,11H,1-2H3. The van der Waals surface area contributed by atoms with Gasteiger partial charge in [0.1, 0.15) is 0 Å². The number of hydrogen-bond acceptors (Lipinski definition) is 2. The predicted octanol–water partition coefficient (Wildman–Crippen LogP) is 4.55. The van der Waals surface area contributed by atoms with E-state index in [1.54, 1.807) is 50.2 Å². The summed E-state index contributed by atoms with van der Waals surface area (Å²) in [4.78, 5) is 12.2. The molecule has 0 saturated carbocycles. The van der Waals surface area contributed by atoms with Crippen LogP contribution in [0.1, 0.15) is 22.8 Å². The lowest BCUT2D eigenvalue weighted by molar-refractivity contribution is 0.0812. The Hall–Kier alpha value is -1.68. The van der Waals surface area contributed by atoms with Crippen LogP contribution in [0.3, 0.4) is 0 Å². The maximum Gasteiger partial charge on any atom is 0.202 e. The lowest BCUT2D eigenvalue weighted by atomic mass is 10.1. The number of rotatable bonds is 4. The zero-order valence-electron chi connectivity index (χ0n) is 11.2. The summed E-state index contributed by atoms with van der Waals surface area (Å²) in [6.07, 6.45) is -0.743. The molecule has 2 aromatic carbocycles. The lowest BCUT2D eigenvalue weighted by Gasteiger charge is -2.15. The van der Waals surface area contributed by atoms with Crippen LogP contribution in [0.5, 0.6) is 5.75 Å². The van der Waals surface area contributed by atoms with Gasteiger partial charge in [0.2, 0.25) is 5.78 Å². The average molecular weight is 337 g/mol. The summed E-state index contributed by atoms with van der Waals surface area (Å²) in [6, 6.07) is 11.9. The molecule has 0 fully saturated rings. The highest BCUT2D eigenvalue weighted by molar-refractivity contribution is 9.10. The van der Waals surface area contributed by atoms with Gasteiger partial charge in [-0.3, -0.25) is 4.79 Å². The van der Waals surface area contributed by atoms with E-state index in [4.69, 9.17) is 4.74 Å². The van der Waals surface area contributed by atoms with E-state index < -0.39 is 11.9 Å². The third kappa shape index (κ3) is 3.25. The van der Waals surface area contributed by atoms with Crippen molar-refractivity contribution in [2.75, 3.05) is 0 Å². The molecule has 2 aromatic rings. The summed E-state index contributed by atoms with van der Waals surface area (Å²) >= 11 is 3.31. The Labute approximate surface area is 125 Å². The van der Waals surface area contributed by atoms with Crippen LogP contribution >= 0.6 is 15.9 Å². The third-order valence-electron chi connectivity index (χ3n) is 2.96. The molecule has 20 heavy (non-hydrogen) atoms. The highest BCUT2D eigenvalue weighted by Crippen LogP contribution is 2.22. The van der Waals surface area contributed by atoms with Crippen molar-refractivity contribution in [3.05, 3.63) is 63.9 Å². The molecule has 1 atom stereocenters. The molecule has 0 bridgehead atoms. The maximum absolute atomic E-state index is 13.8. The number of aryl methyl sites for hydroxylation is 1. The smallest absolute Gasteiger partial charge is 0.202 e. The van der Waals surface area contributed by atoms with E-state index in [2.05, 4.69) is 15.9 Å². The quantitative estimate of drug-likeness (QED) is 0.766. The van der Waals surface area contributed by atoms with Crippen LogP contribution in [0.4, 0.5) is 4.39 Å². The molecule has 0 aliphatic rings. The fourth-order valence-electron chi connectivity index (χ4n) is 1.80. The molecular formula is C16H14BrFO2. The number of hydrogen-bond donors (Lipinski definition) is 0. The van der Waals surface area contributed by atoms with Crippen LogP contribution in [-0.4, -0.2) is 11.9 Å². The van der Waals surface area contributed by atoms with Gasteiger partial charge in [-0.2, -0.15) is 0 Å². The van der Waals surface area contributed by atoms with Crippen molar-refractivity contribution >= 4 is 21.7 Å².